The van der Waals surface area contributed by atoms with Crippen molar-refractivity contribution in [2.45, 2.75) is 13.8 Å². The maximum Gasteiger partial charge on any atom is 0.125 e. The van der Waals surface area contributed by atoms with Crippen LogP contribution in [0.4, 0.5) is 5.69 Å². The van der Waals surface area contributed by atoms with Crippen molar-refractivity contribution in [3.63, 3.8) is 0 Å². The molecule has 2 N–H and O–H groups in total. The zero-order valence-corrected chi connectivity index (χ0v) is 8.86. The second-order valence-electron chi connectivity index (χ2n) is 3.54. The van der Waals surface area contributed by atoms with Crippen molar-refractivity contribution >= 4 is 5.69 Å². The van der Waals surface area contributed by atoms with E-state index in [1.807, 2.05) is 44.3 Å². The molecule has 0 atom stereocenters. The van der Waals surface area contributed by atoms with Crippen LogP contribution in [0, 0.1) is 13.8 Å². The molecule has 1 aromatic heterocycles. The van der Waals surface area contributed by atoms with Crippen molar-refractivity contribution in [1.82, 2.24) is 9.97 Å². The minimum atomic E-state index is 0.757. The van der Waals surface area contributed by atoms with Gasteiger partial charge in [-0.1, -0.05) is 12.1 Å². The molecular formula is C12H13N3. The lowest BCUT2D eigenvalue weighted by Crippen LogP contribution is -1.94. The number of nitrogens with zero attached hydrogens (tertiary/aromatic N) is 2. The van der Waals surface area contributed by atoms with E-state index in [4.69, 9.17) is 5.73 Å². The van der Waals surface area contributed by atoms with Gasteiger partial charge in [-0.15, -0.1) is 0 Å². The molecule has 0 aliphatic heterocycles. The summed E-state index contributed by atoms with van der Waals surface area (Å²) in [6, 6.07) is 7.75. The fraction of sp³-hybridized carbons (Fsp3) is 0.167. The molecule has 0 bridgehead atoms. The summed E-state index contributed by atoms with van der Waals surface area (Å²) in [4.78, 5) is 8.52. The van der Waals surface area contributed by atoms with Crippen LogP contribution in [0.3, 0.4) is 0 Å². The predicted octanol–water partition coefficient (Wildman–Crippen LogP) is 2.34. The third kappa shape index (κ3) is 1.96. The highest BCUT2D eigenvalue weighted by molar-refractivity contribution is 5.68. The van der Waals surface area contributed by atoms with Crippen molar-refractivity contribution < 1.29 is 0 Å². The van der Waals surface area contributed by atoms with Gasteiger partial charge >= 0.3 is 0 Å². The maximum atomic E-state index is 5.74. The molecule has 15 heavy (non-hydrogen) atoms. The Hall–Kier alpha value is -1.90. The molecule has 2 rings (SSSR count). The molecule has 1 aromatic carbocycles. The van der Waals surface area contributed by atoms with Crippen LogP contribution in [0.1, 0.15) is 11.5 Å². The first-order valence-electron chi connectivity index (χ1n) is 4.83. The SMILES string of the molecule is Cc1ncc(-c2cccc(N)c2)c(C)n1. The van der Waals surface area contributed by atoms with Gasteiger partial charge in [0.15, 0.2) is 0 Å². The van der Waals surface area contributed by atoms with Gasteiger partial charge in [0, 0.05) is 23.1 Å². The molecule has 0 saturated carbocycles. The lowest BCUT2D eigenvalue weighted by Gasteiger charge is -2.05. The Labute approximate surface area is 89.0 Å². The Bertz CT molecular complexity index is 492. The van der Waals surface area contributed by atoms with E-state index in [0.717, 1.165) is 28.3 Å². The molecule has 0 spiro atoms. The van der Waals surface area contributed by atoms with E-state index in [1.165, 1.54) is 0 Å². The minimum absolute atomic E-state index is 0.757. The minimum Gasteiger partial charge on any atom is -0.399 e. The first kappa shape index (κ1) is 9.65. The quantitative estimate of drug-likeness (QED) is 0.717. The van der Waals surface area contributed by atoms with Crippen molar-refractivity contribution in [1.29, 1.82) is 0 Å². The topological polar surface area (TPSA) is 51.8 Å². The average molecular weight is 199 g/mol. The van der Waals surface area contributed by atoms with E-state index in [2.05, 4.69) is 9.97 Å². The van der Waals surface area contributed by atoms with Gasteiger partial charge < -0.3 is 5.73 Å². The lowest BCUT2D eigenvalue weighted by molar-refractivity contribution is 1.01. The number of aryl methyl sites for hydroxylation is 2. The van der Waals surface area contributed by atoms with Crippen LogP contribution in [-0.4, -0.2) is 9.97 Å². The molecular weight excluding hydrogens is 186 g/mol. The van der Waals surface area contributed by atoms with E-state index < -0.39 is 0 Å². The molecule has 2 aromatic rings. The first-order valence-corrected chi connectivity index (χ1v) is 4.83. The molecule has 0 saturated heterocycles. The molecule has 1 heterocycles. The van der Waals surface area contributed by atoms with Crippen molar-refractivity contribution in [2.75, 3.05) is 5.73 Å². The average Bonchev–Trinajstić information content (AvgIpc) is 2.17. The van der Waals surface area contributed by atoms with E-state index >= 15 is 0 Å². The molecule has 0 fully saturated rings. The Morgan fingerprint density at radius 2 is 2.00 bits per heavy atom. The second kappa shape index (κ2) is 3.69. The van der Waals surface area contributed by atoms with Crippen LogP contribution in [0.5, 0.6) is 0 Å². The normalized spacial score (nSPS) is 10.3. The van der Waals surface area contributed by atoms with Crippen molar-refractivity contribution in [3.05, 3.63) is 42.0 Å². The molecule has 3 nitrogen and oxygen atoms in total. The summed E-state index contributed by atoms with van der Waals surface area (Å²) >= 11 is 0. The van der Waals surface area contributed by atoms with Gasteiger partial charge in [0.25, 0.3) is 0 Å². The van der Waals surface area contributed by atoms with Gasteiger partial charge in [-0.25, -0.2) is 9.97 Å². The van der Waals surface area contributed by atoms with E-state index in [-0.39, 0.29) is 0 Å². The third-order valence-corrected chi connectivity index (χ3v) is 2.30. The van der Waals surface area contributed by atoms with Crippen LogP contribution < -0.4 is 5.73 Å². The standard InChI is InChI=1S/C12H13N3/c1-8-12(7-14-9(2)15-8)10-4-3-5-11(13)6-10/h3-7H,13H2,1-2H3. The number of nitrogens with two attached hydrogens (primary N) is 1. The van der Waals surface area contributed by atoms with E-state index in [1.54, 1.807) is 0 Å². The highest BCUT2D eigenvalue weighted by atomic mass is 14.9. The Morgan fingerprint density at radius 3 is 2.67 bits per heavy atom. The Kier molecular flexibility index (Phi) is 2.37. The zero-order chi connectivity index (χ0) is 10.8. The van der Waals surface area contributed by atoms with Gasteiger partial charge in [-0.05, 0) is 31.5 Å². The highest BCUT2D eigenvalue weighted by Crippen LogP contribution is 2.22. The van der Waals surface area contributed by atoms with Crippen LogP contribution in [0.15, 0.2) is 30.5 Å². The smallest absolute Gasteiger partial charge is 0.125 e. The lowest BCUT2D eigenvalue weighted by atomic mass is 10.1. The number of anilines is 1. The molecule has 0 radical (unpaired) electrons. The van der Waals surface area contributed by atoms with E-state index in [0.29, 0.717) is 0 Å². The maximum absolute atomic E-state index is 5.74. The largest absolute Gasteiger partial charge is 0.399 e. The second-order valence-corrected chi connectivity index (χ2v) is 3.54. The summed E-state index contributed by atoms with van der Waals surface area (Å²) in [6.45, 7) is 3.86. The van der Waals surface area contributed by atoms with Gasteiger partial charge in [0.2, 0.25) is 0 Å². The fourth-order valence-corrected chi connectivity index (χ4v) is 1.57. The number of hydrogen-bond acceptors (Lipinski definition) is 3. The molecule has 3 heteroatoms. The summed E-state index contributed by atoms with van der Waals surface area (Å²) < 4.78 is 0. The van der Waals surface area contributed by atoms with Crippen molar-refractivity contribution in [3.8, 4) is 11.1 Å². The molecule has 0 unspecified atom stereocenters. The Morgan fingerprint density at radius 1 is 1.20 bits per heavy atom. The number of benzene rings is 1. The van der Waals surface area contributed by atoms with Gasteiger partial charge in [0.1, 0.15) is 5.82 Å². The van der Waals surface area contributed by atoms with Gasteiger partial charge in [0.05, 0.1) is 0 Å². The number of rotatable bonds is 1. The number of nitrogen functional groups attached to an aromatic ring is 1. The van der Waals surface area contributed by atoms with E-state index in [9.17, 15) is 0 Å². The van der Waals surface area contributed by atoms with Crippen LogP contribution in [0.25, 0.3) is 11.1 Å². The van der Waals surface area contributed by atoms with Crippen molar-refractivity contribution in [2.24, 2.45) is 0 Å². The van der Waals surface area contributed by atoms with Gasteiger partial charge in [-0.3, -0.25) is 0 Å². The molecule has 0 aliphatic rings. The highest BCUT2D eigenvalue weighted by Gasteiger charge is 2.03. The third-order valence-electron chi connectivity index (χ3n) is 2.30. The summed E-state index contributed by atoms with van der Waals surface area (Å²) in [7, 11) is 0. The molecule has 76 valence electrons. The monoisotopic (exact) mass is 199 g/mol. The Balaban J connectivity index is 2.54. The first-order chi connectivity index (χ1) is 7.16. The zero-order valence-electron chi connectivity index (χ0n) is 8.86. The number of aromatic nitrogens is 2. The predicted molar refractivity (Wildman–Crippen MR) is 61.4 cm³/mol. The summed E-state index contributed by atoms with van der Waals surface area (Å²) in [5.74, 6) is 0.792. The summed E-state index contributed by atoms with van der Waals surface area (Å²) in [5.41, 5.74) is 9.57. The van der Waals surface area contributed by atoms with Crippen LogP contribution in [0.2, 0.25) is 0 Å². The number of hydrogen-bond donors (Lipinski definition) is 1. The molecule has 0 amide bonds. The van der Waals surface area contributed by atoms with Crippen LogP contribution >= 0.6 is 0 Å². The molecule has 0 aliphatic carbocycles. The van der Waals surface area contributed by atoms with Crippen LogP contribution in [-0.2, 0) is 0 Å². The fourth-order valence-electron chi connectivity index (χ4n) is 1.57. The summed E-state index contributed by atoms with van der Waals surface area (Å²) in [5, 5.41) is 0. The summed E-state index contributed by atoms with van der Waals surface area (Å²) in [6.07, 6.45) is 1.84. The van der Waals surface area contributed by atoms with Gasteiger partial charge in [-0.2, -0.15) is 0 Å².